The Morgan fingerprint density at radius 1 is 1.05 bits per heavy atom. The second-order valence-corrected chi connectivity index (χ2v) is 5.21. The van der Waals surface area contributed by atoms with E-state index >= 15 is 0 Å². The van der Waals surface area contributed by atoms with Gasteiger partial charge < -0.3 is 14.0 Å². The lowest BCUT2D eigenvalue weighted by molar-refractivity contribution is 0.0826. The SMILES string of the molecule is COC1=C(OC)C(=O)c2c(cccc2[S+](C)[O-])C1=O. The van der Waals surface area contributed by atoms with Crippen molar-refractivity contribution in [1.82, 2.24) is 0 Å². The molecule has 6 heteroatoms. The van der Waals surface area contributed by atoms with E-state index in [1.807, 2.05) is 0 Å². The molecular weight excluding hydrogens is 268 g/mol. The Hall–Kier alpha value is -1.79. The molecule has 100 valence electrons. The molecule has 1 aromatic carbocycles. The Morgan fingerprint density at radius 2 is 1.63 bits per heavy atom. The minimum atomic E-state index is -1.38. The van der Waals surface area contributed by atoms with Crippen LogP contribution in [0.25, 0.3) is 0 Å². The first-order valence-electron chi connectivity index (χ1n) is 5.41. The number of allylic oxidation sites excluding steroid dienone is 2. The van der Waals surface area contributed by atoms with Gasteiger partial charge in [0.2, 0.25) is 23.1 Å². The van der Waals surface area contributed by atoms with Crippen LogP contribution in [0.5, 0.6) is 0 Å². The van der Waals surface area contributed by atoms with Gasteiger partial charge in [-0.3, -0.25) is 9.59 Å². The van der Waals surface area contributed by atoms with Crippen LogP contribution in [0.4, 0.5) is 0 Å². The second kappa shape index (κ2) is 5.07. The first kappa shape index (κ1) is 13.6. The van der Waals surface area contributed by atoms with Crippen LogP contribution < -0.4 is 0 Å². The Balaban J connectivity index is 2.73. The van der Waals surface area contributed by atoms with Gasteiger partial charge in [0, 0.05) is 5.56 Å². The normalized spacial score (nSPS) is 16.2. The highest BCUT2D eigenvalue weighted by atomic mass is 32.2. The van der Waals surface area contributed by atoms with Crippen LogP contribution in [0.15, 0.2) is 34.6 Å². The Bertz CT molecular complexity index is 589. The number of hydrogen-bond donors (Lipinski definition) is 0. The van der Waals surface area contributed by atoms with Gasteiger partial charge in [-0.1, -0.05) is 6.07 Å². The average Bonchev–Trinajstić information content (AvgIpc) is 2.41. The third kappa shape index (κ3) is 2.02. The molecule has 19 heavy (non-hydrogen) atoms. The predicted octanol–water partition coefficient (Wildman–Crippen LogP) is 1.31. The zero-order valence-electron chi connectivity index (χ0n) is 10.7. The van der Waals surface area contributed by atoms with Crippen LogP contribution in [0.1, 0.15) is 20.7 Å². The zero-order chi connectivity index (χ0) is 14.2. The standard InChI is InChI=1S/C13H12O5S/c1-17-12-10(14)7-5-4-6-8(19(3)16)9(7)11(15)13(12)18-2/h4-6H,1-3H3. The minimum absolute atomic E-state index is 0.126. The third-order valence-corrected chi connectivity index (χ3v) is 3.79. The molecule has 0 N–H and O–H groups in total. The smallest absolute Gasteiger partial charge is 0.237 e. The van der Waals surface area contributed by atoms with E-state index in [1.165, 1.54) is 26.5 Å². The van der Waals surface area contributed by atoms with E-state index in [4.69, 9.17) is 9.47 Å². The predicted molar refractivity (Wildman–Crippen MR) is 68.5 cm³/mol. The monoisotopic (exact) mass is 280 g/mol. The number of hydrogen-bond acceptors (Lipinski definition) is 5. The van der Waals surface area contributed by atoms with Crippen molar-refractivity contribution in [1.29, 1.82) is 0 Å². The molecule has 0 fully saturated rings. The highest BCUT2D eigenvalue weighted by molar-refractivity contribution is 7.90. The molecule has 0 saturated heterocycles. The molecule has 0 saturated carbocycles. The highest BCUT2D eigenvalue weighted by Crippen LogP contribution is 2.31. The second-order valence-electron chi connectivity index (χ2n) is 3.86. The number of carbonyl (C=O) groups is 2. The van der Waals surface area contributed by atoms with Crippen LogP contribution in [0.3, 0.4) is 0 Å². The maximum atomic E-state index is 12.3. The van der Waals surface area contributed by atoms with Gasteiger partial charge in [0.1, 0.15) is 6.26 Å². The summed E-state index contributed by atoms with van der Waals surface area (Å²) in [4.78, 5) is 24.9. The van der Waals surface area contributed by atoms with Crippen LogP contribution in [-0.2, 0) is 20.6 Å². The van der Waals surface area contributed by atoms with Gasteiger partial charge in [0.05, 0.1) is 19.8 Å². The molecule has 0 amide bonds. The lowest BCUT2D eigenvalue weighted by Crippen LogP contribution is -2.26. The van der Waals surface area contributed by atoms with Crippen molar-refractivity contribution in [2.45, 2.75) is 4.90 Å². The maximum Gasteiger partial charge on any atom is 0.237 e. The lowest BCUT2D eigenvalue weighted by atomic mass is 9.92. The summed E-state index contributed by atoms with van der Waals surface area (Å²) in [5.41, 5.74) is 0.321. The van der Waals surface area contributed by atoms with Gasteiger partial charge in [-0.15, -0.1) is 0 Å². The van der Waals surface area contributed by atoms with Crippen molar-refractivity contribution in [3.63, 3.8) is 0 Å². The van der Waals surface area contributed by atoms with Crippen molar-refractivity contribution in [2.75, 3.05) is 20.5 Å². The molecule has 0 bridgehead atoms. The summed E-state index contributed by atoms with van der Waals surface area (Å²) >= 11 is -1.38. The van der Waals surface area contributed by atoms with Gasteiger partial charge >= 0.3 is 0 Å². The topological polar surface area (TPSA) is 75.7 Å². The van der Waals surface area contributed by atoms with Gasteiger partial charge in [0.15, 0.2) is 4.90 Å². The third-order valence-electron chi connectivity index (χ3n) is 2.83. The first-order chi connectivity index (χ1) is 9.02. The van der Waals surface area contributed by atoms with Gasteiger partial charge in [-0.05, 0) is 23.3 Å². The number of ether oxygens (including phenoxy) is 2. The van der Waals surface area contributed by atoms with Gasteiger partial charge in [0.25, 0.3) is 0 Å². The molecule has 5 nitrogen and oxygen atoms in total. The van der Waals surface area contributed by atoms with Crippen LogP contribution in [0, 0.1) is 0 Å². The number of rotatable bonds is 3. The summed E-state index contributed by atoms with van der Waals surface area (Å²) in [6, 6.07) is 4.66. The van der Waals surface area contributed by atoms with Crippen LogP contribution in [0.2, 0.25) is 0 Å². The summed E-state index contributed by atoms with van der Waals surface area (Å²) in [6.07, 6.45) is 1.45. The Morgan fingerprint density at radius 3 is 2.16 bits per heavy atom. The zero-order valence-corrected chi connectivity index (χ0v) is 11.5. The van der Waals surface area contributed by atoms with Crippen molar-refractivity contribution in [2.24, 2.45) is 0 Å². The minimum Gasteiger partial charge on any atom is -0.612 e. The molecule has 2 rings (SSSR count). The van der Waals surface area contributed by atoms with Gasteiger partial charge in [-0.2, -0.15) is 0 Å². The molecule has 0 heterocycles. The van der Waals surface area contributed by atoms with Crippen LogP contribution in [-0.4, -0.2) is 36.6 Å². The van der Waals surface area contributed by atoms with E-state index in [1.54, 1.807) is 12.1 Å². The van der Waals surface area contributed by atoms with Crippen molar-refractivity contribution in [3.8, 4) is 0 Å². The molecule has 0 spiro atoms. The number of carbonyl (C=O) groups excluding carboxylic acids is 2. The fourth-order valence-corrected chi connectivity index (χ4v) is 2.77. The summed E-state index contributed by atoms with van der Waals surface area (Å²) in [6.45, 7) is 0. The van der Waals surface area contributed by atoms with Crippen molar-refractivity contribution < 1.29 is 23.6 Å². The summed E-state index contributed by atoms with van der Waals surface area (Å²) in [5.74, 6) is -1.21. The van der Waals surface area contributed by atoms with E-state index in [0.717, 1.165) is 0 Å². The van der Waals surface area contributed by atoms with Crippen molar-refractivity contribution in [3.05, 3.63) is 40.8 Å². The largest absolute Gasteiger partial charge is 0.612 e. The molecular formula is C13H12O5S. The van der Waals surface area contributed by atoms with Crippen molar-refractivity contribution >= 4 is 22.7 Å². The number of benzene rings is 1. The number of methoxy groups -OCH3 is 2. The number of ketones is 2. The first-order valence-corrected chi connectivity index (χ1v) is 6.96. The number of Topliss-reactive ketones (excluding diaryl/α,β-unsaturated/α-hetero) is 2. The maximum absolute atomic E-state index is 12.3. The van der Waals surface area contributed by atoms with E-state index in [2.05, 4.69) is 0 Å². The van der Waals surface area contributed by atoms with Crippen LogP contribution >= 0.6 is 0 Å². The van der Waals surface area contributed by atoms with E-state index in [-0.39, 0.29) is 22.6 Å². The Labute approximate surface area is 113 Å². The summed E-state index contributed by atoms with van der Waals surface area (Å²) in [7, 11) is 2.59. The summed E-state index contributed by atoms with van der Waals surface area (Å²) < 4.78 is 21.6. The average molecular weight is 280 g/mol. The molecule has 0 radical (unpaired) electrons. The molecule has 1 unspecified atom stereocenters. The van der Waals surface area contributed by atoms with E-state index in [0.29, 0.717) is 4.90 Å². The Kier molecular flexibility index (Phi) is 3.64. The summed E-state index contributed by atoms with van der Waals surface area (Å²) in [5, 5.41) is 0. The molecule has 1 atom stereocenters. The molecule has 0 aromatic heterocycles. The van der Waals surface area contributed by atoms with E-state index < -0.39 is 22.7 Å². The quantitative estimate of drug-likeness (QED) is 0.780. The number of fused-ring (bicyclic) bond motifs is 1. The fourth-order valence-electron chi connectivity index (χ4n) is 2.01. The molecule has 1 aromatic rings. The highest BCUT2D eigenvalue weighted by Gasteiger charge is 2.38. The molecule has 1 aliphatic carbocycles. The molecule has 1 aliphatic rings. The van der Waals surface area contributed by atoms with Gasteiger partial charge in [-0.25, -0.2) is 0 Å². The fraction of sp³-hybridized carbons (Fsp3) is 0.231. The lowest BCUT2D eigenvalue weighted by Gasteiger charge is -2.20. The molecule has 0 aliphatic heterocycles. The van der Waals surface area contributed by atoms with E-state index in [9.17, 15) is 14.1 Å².